The van der Waals surface area contributed by atoms with E-state index in [2.05, 4.69) is 36.9 Å². The number of halogens is 1. The van der Waals surface area contributed by atoms with Crippen LogP contribution in [0.5, 0.6) is 0 Å². The highest BCUT2D eigenvalue weighted by atomic mass is 79.9. The van der Waals surface area contributed by atoms with Crippen molar-refractivity contribution in [1.82, 2.24) is 15.6 Å². The van der Waals surface area contributed by atoms with Gasteiger partial charge in [0, 0.05) is 10.0 Å². The summed E-state index contributed by atoms with van der Waals surface area (Å²) in [4.78, 5) is 17.5. The maximum Gasteiger partial charge on any atom is 0.340 e. The normalized spacial score (nSPS) is 15.8. The highest BCUT2D eigenvalue weighted by Crippen LogP contribution is 2.40. The van der Waals surface area contributed by atoms with Gasteiger partial charge in [-0.25, -0.2) is 5.43 Å². The molecule has 0 aliphatic heterocycles. The summed E-state index contributed by atoms with van der Waals surface area (Å²) < 4.78 is 6.22. The van der Waals surface area contributed by atoms with Crippen LogP contribution in [0.15, 0.2) is 63.6 Å². The number of hydrogen-bond donors (Lipinski definition) is 2. The Morgan fingerprint density at radius 3 is 2.43 bits per heavy atom. The summed E-state index contributed by atoms with van der Waals surface area (Å²) in [5, 5.41) is 3.96. The van der Waals surface area contributed by atoms with Crippen LogP contribution < -0.4 is 10.9 Å². The molecule has 7 heteroatoms. The Labute approximate surface area is 171 Å². The minimum atomic E-state index is -0.547. The van der Waals surface area contributed by atoms with Crippen molar-refractivity contribution >= 4 is 27.9 Å². The average Bonchev–Trinajstić information content (AvgIpc) is 3.23. The van der Waals surface area contributed by atoms with Crippen molar-refractivity contribution in [3.8, 4) is 11.4 Å². The van der Waals surface area contributed by atoms with E-state index in [4.69, 9.17) is 4.52 Å². The molecule has 1 aliphatic carbocycles. The van der Waals surface area contributed by atoms with Crippen molar-refractivity contribution in [2.24, 2.45) is 0 Å². The number of amides is 1. The smallest absolute Gasteiger partial charge is 0.313 e. The molecule has 0 radical (unpaired) electrons. The molecule has 1 fully saturated rings. The number of carbonyl (C=O) groups is 1. The third kappa shape index (κ3) is 3.80. The van der Waals surface area contributed by atoms with Crippen molar-refractivity contribution < 1.29 is 9.32 Å². The topological polar surface area (TPSA) is 80.0 Å². The summed E-state index contributed by atoms with van der Waals surface area (Å²) in [7, 11) is 0. The van der Waals surface area contributed by atoms with Crippen molar-refractivity contribution in [3.63, 3.8) is 0 Å². The van der Waals surface area contributed by atoms with Gasteiger partial charge < -0.3 is 4.52 Å². The van der Waals surface area contributed by atoms with E-state index in [0.717, 1.165) is 47.7 Å². The van der Waals surface area contributed by atoms with Crippen molar-refractivity contribution in [1.29, 1.82) is 0 Å². The number of anilines is 1. The summed E-state index contributed by atoms with van der Waals surface area (Å²) in [5.74, 6) is 0.395. The van der Waals surface area contributed by atoms with Crippen LogP contribution in [0.1, 0.15) is 37.7 Å². The van der Waals surface area contributed by atoms with Gasteiger partial charge in [0.25, 0.3) is 0 Å². The van der Waals surface area contributed by atoms with Crippen LogP contribution >= 0.6 is 15.9 Å². The van der Waals surface area contributed by atoms with E-state index in [1.54, 1.807) is 0 Å². The Balaban J connectivity index is 1.49. The molecule has 1 heterocycles. The number of hydrogen-bond acceptors (Lipinski definition) is 5. The molecule has 0 bridgehead atoms. The summed E-state index contributed by atoms with van der Waals surface area (Å²) >= 11 is 3.47. The van der Waals surface area contributed by atoms with Crippen LogP contribution in [0.4, 0.5) is 6.01 Å². The molecule has 0 unspecified atom stereocenters. The molecule has 28 heavy (non-hydrogen) atoms. The third-order valence-corrected chi connectivity index (χ3v) is 5.81. The van der Waals surface area contributed by atoms with Crippen LogP contribution in [0.3, 0.4) is 0 Å². The monoisotopic (exact) mass is 440 g/mol. The van der Waals surface area contributed by atoms with Gasteiger partial charge in [-0.1, -0.05) is 82.8 Å². The second kappa shape index (κ2) is 8.14. The van der Waals surface area contributed by atoms with E-state index in [1.165, 1.54) is 0 Å². The number of aromatic nitrogens is 2. The van der Waals surface area contributed by atoms with Gasteiger partial charge in [0.05, 0.1) is 5.41 Å². The molecular weight excluding hydrogens is 420 g/mol. The van der Waals surface area contributed by atoms with Gasteiger partial charge in [-0.15, -0.1) is 0 Å². The van der Waals surface area contributed by atoms with Crippen molar-refractivity contribution in [2.75, 3.05) is 5.43 Å². The molecule has 4 rings (SSSR count). The molecule has 1 saturated carbocycles. The highest BCUT2D eigenvalue weighted by Gasteiger charge is 2.41. The largest absolute Gasteiger partial charge is 0.340 e. The first-order valence-corrected chi connectivity index (χ1v) is 10.2. The standard InChI is InChI=1S/C21H21BrN4O2/c22-17-11-9-16(10-12-17)21(13-5-2-6-14-21)19(27)24-25-20-23-18(26-28-20)15-7-3-1-4-8-15/h1,3-4,7-12H,2,5-6,13-14H2,(H,24,27)(H,23,25,26). The molecule has 3 aromatic rings. The van der Waals surface area contributed by atoms with E-state index >= 15 is 0 Å². The van der Waals surface area contributed by atoms with E-state index in [9.17, 15) is 4.79 Å². The molecule has 1 aliphatic rings. The lowest BCUT2D eigenvalue weighted by atomic mass is 9.69. The average molecular weight is 441 g/mol. The molecule has 0 spiro atoms. The molecule has 2 N–H and O–H groups in total. The second-order valence-electron chi connectivity index (χ2n) is 7.02. The maximum atomic E-state index is 13.2. The predicted molar refractivity (Wildman–Crippen MR) is 110 cm³/mol. The number of rotatable bonds is 5. The molecular formula is C21H21BrN4O2. The first kappa shape index (κ1) is 18.7. The molecule has 0 saturated heterocycles. The van der Waals surface area contributed by atoms with Crippen LogP contribution in [-0.2, 0) is 10.2 Å². The lowest BCUT2D eigenvalue weighted by Crippen LogP contribution is -2.47. The highest BCUT2D eigenvalue weighted by molar-refractivity contribution is 9.10. The van der Waals surface area contributed by atoms with Crippen LogP contribution in [-0.4, -0.2) is 16.0 Å². The quantitative estimate of drug-likeness (QED) is 0.554. The van der Waals surface area contributed by atoms with Gasteiger partial charge in [-0.3, -0.25) is 10.2 Å². The first-order valence-electron chi connectivity index (χ1n) is 9.39. The van der Waals surface area contributed by atoms with Gasteiger partial charge >= 0.3 is 6.01 Å². The fraction of sp³-hybridized carbons (Fsp3) is 0.286. The lowest BCUT2D eigenvalue weighted by Gasteiger charge is -2.36. The van der Waals surface area contributed by atoms with Crippen molar-refractivity contribution in [2.45, 2.75) is 37.5 Å². The summed E-state index contributed by atoms with van der Waals surface area (Å²) in [5.41, 5.74) is 6.92. The van der Waals surface area contributed by atoms with Crippen molar-refractivity contribution in [3.05, 3.63) is 64.6 Å². The SMILES string of the molecule is O=C(NNc1nc(-c2ccccc2)no1)C1(c2ccc(Br)cc2)CCCCC1. The second-order valence-corrected chi connectivity index (χ2v) is 7.93. The fourth-order valence-electron chi connectivity index (χ4n) is 3.78. The Morgan fingerprint density at radius 2 is 1.71 bits per heavy atom. The molecule has 1 aromatic heterocycles. The molecule has 6 nitrogen and oxygen atoms in total. The van der Waals surface area contributed by atoms with Gasteiger partial charge in [0.15, 0.2) is 0 Å². The number of hydrazine groups is 1. The summed E-state index contributed by atoms with van der Waals surface area (Å²) in [6.07, 6.45) is 4.86. The molecule has 144 valence electrons. The third-order valence-electron chi connectivity index (χ3n) is 5.28. The Morgan fingerprint density at radius 1 is 1.00 bits per heavy atom. The number of carbonyl (C=O) groups excluding carboxylic acids is 1. The summed E-state index contributed by atoms with van der Waals surface area (Å²) in [6, 6.07) is 17.7. The Hall–Kier alpha value is -2.67. The van der Waals surface area contributed by atoms with E-state index in [1.807, 2.05) is 54.6 Å². The maximum absolute atomic E-state index is 13.2. The Bertz CT molecular complexity index is 935. The molecule has 1 amide bonds. The zero-order valence-electron chi connectivity index (χ0n) is 15.3. The zero-order chi connectivity index (χ0) is 19.4. The van der Waals surface area contributed by atoms with Crippen LogP contribution in [0, 0.1) is 0 Å². The number of nitrogens with one attached hydrogen (secondary N) is 2. The van der Waals surface area contributed by atoms with E-state index in [-0.39, 0.29) is 11.9 Å². The molecule has 2 aromatic carbocycles. The summed E-state index contributed by atoms with van der Waals surface area (Å²) in [6.45, 7) is 0. The van der Waals surface area contributed by atoms with E-state index in [0.29, 0.717) is 5.82 Å². The Kier molecular flexibility index (Phi) is 5.43. The first-order chi connectivity index (χ1) is 13.7. The number of nitrogens with zero attached hydrogens (tertiary/aromatic N) is 2. The predicted octanol–water partition coefficient (Wildman–Crippen LogP) is 4.84. The zero-order valence-corrected chi connectivity index (χ0v) is 16.9. The van der Waals surface area contributed by atoms with Crippen LogP contribution in [0.2, 0.25) is 0 Å². The van der Waals surface area contributed by atoms with Gasteiger partial charge in [-0.05, 0) is 30.5 Å². The van der Waals surface area contributed by atoms with Crippen LogP contribution in [0.25, 0.3) is 11.4 Å². The minimum absolute atomic E-state index is 0.0750. The van der Waals surface area contributed by atoms with Gasteiger partial charge in [0.1, 0.15) is 0 Å². The van der Waals surface area contributed by atoms with E-state index < -0.39 is 5.41 Å². The number of benzene rings is 2. The minimum Gasteiger partial charge on any atom is -0.313 e. The lowest BCUT2D eigenvalue weighted by molar-refractivity contribution is -0.127. The fourth-order valence-corrected chi connectivity index (χ4v) is 4.04. The van der Waals surface area contributed by atoms with Gasteiger partial charge in [-0.2, -0.15) is 4.98 Å². The van der Waals surface area contributed by atoms with Gasteiger partial charge in [0.2, 0.25) is 11.7 Å². The molecule has 0 atom stereocenters.